The second-order valence-corrected chi connectivity index (χ2v) is 4.89. The largest absolute Gasteiger partial charge is 0.509 e. The maximum Gasteiger partial charge on any atom is 0.509 e. The third kappa shape index (κ3) is 3.55. The molecule has 0 aliphatic carbocycles. The standard InChI is InChI=1S/C15H16FNO5/c1-2-5-20-12-7-10(6-11(16)8-12)3-4-15(13(17)18)9-21-14(19)22-15/h2,6-8H,1,3-5,9H2,(H2,17,18). The summed E-state index contributed by atoms with van der Waals surface area (Å²) in [5, 5.41) is 0. The van der Waals surface area contributed by atoms with Crippen LogP contribution in [0.25, 0.3) is 0 Å². The summed E-state index contributed by atoms with van der Waals surface area (Å²) in [4.78, 5) is 22.6. The fourth-order valence-corrected chi connectivity index (χ4v) is 2.11. The van der Waals surface area contributed by atoms with Gasteiger partial charge in [-0.25, -0.2) is 9.18 Å². The van der Waals surface area contributed by atoms with Crippen molar-refractivity contribution in [3.8, 4) is 5.75 Å². The van der Waals surface area contributed by atoms with Gasteiger partial charge in [0.05, 0.1) is 0 Å². The maximum absolute atomic E-state index is 13.6. The molecule has 1 heterocycles. The van der Waals surface area contributed by atoms with E-state index in [1.807, 2.05) is 0 Å². The second kappa shape index (κ2) is 6.46. The first-order valence-corrected chi connectivity index (χ1v) is 6.64. The van der Waals surface area contributed by atoms with E-state index in [0.717, 1.165) is 0 Å². The van der Waals surface area contributed by atoms with Gasteiger partial charge in [-0.1, -0.05) is 12.7 Å². The predicted molar refractivity (Wildman–Crippen MR) is 74.8 cm³/mol. The molecule has 6 nitrogen and oxygen atoms in total. The molecule has 0 saturated carbocycles. The van der Waals surface area contributed by atoms with E-state index in [0.29, 0.717) is 11.3 Å². The minimum absolute atomic E-state index is 0.0957. The number of rotatable bonds is 7. The summed E-state index contributed by atoms with van der Waals surface area (Å²) in [6, 6.07) is 4.20. The summed E-state index contributed by atoms with van der Waals surface area (Å²) in [6.45, 7) is 3.52. The fourth-order valence-electron chi connectivity index (χ4n) is 2.11. The predicted octanol–water partition coefficient (Wildman–Crippen LogP) is 1.71. The molecule has 0 aromatic heterocycles. The molecule has 1 atom stereocenters. The van der Waals surface area contributed by atoms with Crippen LogP contribution in [0.3, 0.4) is 0 Å². The lowest BCUT2D eigenvalue weighted by Crippen LogP contribution is -2.46. The van der Waals surface area contributed by atoms with Gasteiger partial charge in [-0.15, -0.1) is 0 Å². The van der Waals surface area contributed by atoms with Crippen LogP contribution < -0.4 is 10.5 Å². The van der Waals surface area contributed by atoms with Crippen molar-refractivity contribution in [3.05, 3.63) is 42.2 Å². The van der Waals surface area contributed by atoms with Crippen LogP contribution in [0.15, 0.2) is 30.9 Å². The molecular weight excluding hydrogens is 293 g/mol. The van der Waals surface area contributed by atoms with Gasteiger partial charge >= 0.3 is 6.16 Å². The number of cyclic esters (lactones) is 2. The summed E-state index contributed by atoms with van der Waals surface area (Å²) >= 11 is 0. The highest BCUT2D eigenvalue weighted by Crippen LogP contribution is 2.27. The highest BCUT2D eigenvalue weighted by atomic mass is 19.1. The Morgan fingerprint density at radius 1 is 1.50 bits per heavy atom. The molecule has 0 radical (unpaired) electrons. The first kappa shape index (κ1) is 15.8. The molecule has 0 bridgehead atoms. The molecule has 7 heteroatoms. The Hall–Kier alpha value is -2.57. The van der Waals surface area contributed by atoms with E-state index in [4.69, 9.17) is 15.2 Å². The van der Waals surface area contributed by atoms with E-state index >= 15 is 0 Å². The lowest BCUT2D eigenvalue weighted by atomic mass is 9.95. The number of halogens is 1. The van der Waals surface area contributed by atoms with Gasteiger partial charge in [0.2, 0.25) is 5.60 Å². The lowest BCUT2D eigenvalue weighted by molar-refractivity contribution is -0.133. The highest BCUT2D eigenvalue weighted by molar-refractivity contribution is 5.87. The Labute approximate surface area is 126 Å². The quantitative estimate of drug-likeness (QED) is 0.612. The summed E-state index contributed by atoms with van der Waals surface area (Å²) in [5.41, 5.74) is 4.36. The maximum atomic E-state index is 13.6. The second-order valence-electron chi connectivity index (χ2n) is 4.89. The molecular formula is C15H16FNO5. The highest BCUT2D eigenvalue weighted by Gasteiger charge is 2.47. The Bertz CT molecular complexity index is 604. The molecule has 0 spiro atoms. The number of amides is 1. The monoisotopic (exact) mass is 309 g/mol. The van der Waals surface area contributed by atoms with E-state index in [9.17, 15) is 14.0 Å². The van der Waals surface area contributed by atoms with Crippen LogP contribution >= 0.6 is 0 Å². The number of hydrogen-bond acceptors (Lipinski definition) is 5. The average Bonchev–Trinajstić information content (AvgIpc) is 2.85. The van der Waals surface area contributed by atoms with Crippen LogP contribution in [-0.4, -0.2) is 30.9 Å². The molecule has 1 fully saturated rings. The van der Waals surface area contributed by atoms with Crippen LogP contribution in [0, 0.1) is 5.82 Å². The first-order chi connectivity index (χ1) is 10.4. The average molecular weight is 309 g/mol. The number of carbonyl (C=O) groups is 2. The van der Waals surface area contributed by atoms with Crippen LogP contribution in [0.1, 0.15) is 12.0 Å². The van der Waals surface area contributed by atoms with Crippen molar-refractivity contribution in [1.29, 1.82) is 0 Å². The number of ether oxygens (including phenoxy) is 3. The summed E-state index contributed by atoms with van der Waals surface area (Å²) < 4.78 is 28.4. The molecule has 2 N–H and O–H groups in total. The molecule has 1 aliphatic heterocycles. The number of nitrogens with two attached hydrogens (primary N) is 1. The third-order valence-corrected chi connectivity index (χ3v) is 3.27. The molecule has 2 rings (SSSR count). The molecule has 1 aliphatic rings. The van der Waals surface area contributed by atoms with E-state index in [-0.39, 0.29) is 26.1 Å². The number of aryl methyl sites for hydroxylation is 1. The van der Waals surface area contributed by atoms with E-state index in [2.05, 4.69) is 11.3 Å². The summed E-state index contributed by atoms with van der Waals surface area (Å²) in [6.07, 6.45) is 0.968. The zero-order valence-corrected chi connectivity index (χ0v) is 11.8. The Morgan fingerprint density at radius 3 is 2.86 bits per heavy atom. The normalized spacial score (nSPS) is 20.1. The van der Waals surface area contributed by atoms with E-state index in [1.54, 1.807) is 12.1 Å². The molecule has 1 aromatic carbocycles. The minimum Gasteiger partial charge on any atom is -0.489 e. The van der Waals surface area contributed by atoms with Gasteiger partial charge in [0.1, 0.15) is 24.8 Å². The van der Waals surface area contributed by atoms with Gasteiger partial charge < -0.3 is 19.9 Å². The van der Waals surface area contributed by atoms with Gasteiger partial charge in [0.25, 0.3) is 5.91 Å². The van der Waals surface area contributed by atoms with E-state index < -0.39 is 23.5 Å². The van der Waals surface area contributed by atoms with Crippen molar-refractivity contribution < 1.29 is 28.2 Å². The zero-order chi connectivity index (χ0) is 16.2. The van der Waals surface area contributed by atoms with Crippen LogP contribution in [0.5, 0.6) is 5.75 Å². The van der Waals surface area contributed by atoms with Crippen molar-refractivity contribution in [3.63, 3.8) is 0 Å². The van der Waals surface area contributed by atoms with Crippen LogP contribution in [0.2, 0.25) is 0 Å². The molecule has 118 valence electrons. The first-order valence-electron chi connectivity index (χ1n) is 6.64. The van der Waals surface area contributed by atoms with Gasteiger partial charge in [-0.2, -0.15) is 0 Å². The van der Waals surface area contributed by atoms with E-state index in [1.165, 1.54) is 12.1 Å². The smallest absolute Gasteiger partial charge is 0.489 e. The molecule has 1 unspecified atom stereocenters. The lowest BCUT2D eigenvalue weighted by Gasteiger charge is -2.20. The van der Waals surface area contributed by atoms with Crippen molar-refractivity contribution in [2.45, 2.75) is 18.4 Å². The summed E-state index contributed by atoms with van der Waals surface area (Å²) in [5.74, 6) is -0.912. The van der Waals surface area contributed by atoms with Crippen molar-refractivity contribution in [2.75, 3.05) is 13.2 Å². The van der Waals surface area contributed by atoms with Gasteiger partial charge in [0.15, 0.2) is 0 Å². The number of benzene rings is 1. The number of carbonyl (C=O) groups excluding carboxylic acids is 2. The minimum atomic E-state index is -1.51. The van der Waals surface area contributed by atoms with Crippen LogP contribution in [-0.2, 0) is 20.7 Å². The Kier molecular flexibility index (Phi) is 4.65. The third-order valence-electron chi connectivity index (χ3n) is 3.27. The van der Waals surface area contributed by atoms with Gasteiger partial charge in [0, 0.05) is 12.5 Å². The SMILES string of the molecule is C=CCOc1cc(F)cc(CCC2(C(N)=O)COC(=O)O2)c1. The molecule has 1 saturated heterocycles. The Balaban J connectivity index is 2.09. The number of primary amides is 1. The molecule has 1 aromatic rings. The fraction of sp³-hybridized carbons (Fsp3) is 0.333. The summed E-state index contributed by atoms with van der Waals surface area (Å²) in [7, 11) is 0. The zero-order valence-electron chi connectivity index (χ0n) is 11.8. The van der Waals surface area contributed by atoms with Gasteiger partial charge in [-0.05, 0) is 24.1 Å². The van der Waals surface area contributed by atoms with Crippen molar-refractivity contribution >= 4 is 12.1 Å². The topological polar surface area (TPSA) is 87.9 Å². The Morgan fingerprint density at radius 2 is 2.27 bits per heavy atom. The number of hydrogen-bond donors (Lipinski definition) is 1. The van der Waals surface area contributed by atoms with Gasteiger partial charge in [-0.3, -0.25) is 4.79 Å². The van der Waals surface area contributed by atoms with Crippen LogP contribution in [0.4, 0.5) is 9.18 Å². The van der Waals surface area contributed by atoms with Crippen molar-refractivity contribution in [1.82, 2.24) is 0 Å². The molecule has 1 amide bonds. The molecule has 22 heavy (non-hydrogen) atoms. The van der Waals surface area contributed by atoms with Crippen molar-refractivity contribution in [2.24, 2.45) is 5.73 Å².